The van der Waals surface area contributed by atoms with Gasteiger partial charge in [-0.25, -0.2) is 4.98 Å². The summed E-state index contributed by atoms with van der Waals surface area (Å²) in [6.45, 7) is 3.20. The highest BCUT2D eigenvalue weighted by Gasteiger charge is 2.17. The monoisotopic (exact) mass is 478 g/mol. The van der Waals surface area contributed by atoms with Crippen LogP contribution in [0.5, 0.6) is 5.88 Å². The molecule has 0 bridgehead atoms. The molecule has 11 heteroatoms. The van der Waals surface area contributed by atoms with E-state index in [1.807, 2.05) is 54.1 Å². The minimum atomic E-state index is -0.341. The van der Waals surface area contributed by atoms with Gasteiger partial charge >= 0.3 is 0 Å². The molecule has 0 radical (unpaired) electrons. The molecule has 2 N–H and O–H groups in total. The van der Waals surface area contributed by atoms with Crippen LogP contribution in [0.3, 0.4) is 0 Å². The number of H-pyrrole nitrogens is 1. The third-order valence-corrected chi connectivity index (χ3v) is 6.17. The molecule has 1 fully saturated rings. The van der Waals surface area contributed by atoms with Crippen molar-refractivity contribution in [2.24, 2.45) is 0 Å². The Kier molecular flexibility index (Phi) is 6.83. The van der Waals surface area contributed by atoms with Gasteiger partial charge in [-0.05, 0) is 61.3 Å². The number of hydrogen-bond donors (Lipinski definition) is 2. The van der Waals surface area contributed by atoms with E-state index in [1.54, 1.807) is 18.3 Å². The Bertz CT molecular complexity index is 1360. The van der Waals surface area contributed by atoms with Crippen LogP contribution in [0.15, 0.2) is 55.0 Å². The lowest BCUT2D eigenvalue weighted by Crippen LogP contribution is -2.37. The number of aromatic amines is 1. The summed E-state index contributed by atoms with van der Waals surface area (Å²) < 4.78 is 5.75. The third-order valence-electron chi connectivity index (χ3n) is 6.17. The van der Waals surface area contributed by atoms with E-state index >= 15 is 0 Å². The molecule has 4 heterocycles. The number of piperidine rings is 1. The molecule has 0 spiro atoms. The summed E-state index contributed by atoms with van der Waals surface area (Å²) in [5, 5.41) is 10.5. The number of amides is 1. The van der Waals surface area contributed by atoms with Crippen LogP contribution >= 0.6 is 0 Å². The first-order valence-electron chi connectivity index (χ1n) is 12.5. The molecule has 1 saturated heterocycles. The third kappa shape index (κ3) is 5.79. The number of benzene rings is 1. The molecule has 36 heavy (non-hydrogen) atoms. The lowest BCUT2D eigenvalue weighted by Gasteiger charge is -2.26. The van der Waals surface area contributed by atoms with Gasteiger partial charge in [0.25, 0.3) is 5.91 Å². The molecular weight excluding hydrogens is 449 g/mol. The van der Waals surface area contributed by atoms with Crippen LogP contribution < -0.4 is 10.1 Å². The summed E-state index contributed by atoms with van der Waals surface area (Å²) >= 11 is 0. The van der Waals surface area contributed by atoms with Gasteiger partial charge in [-0.3, -0.25) is 19.8 Å². The van der Waals surface area contributed by atoms with Crippen molar-refractivity contribution in [2.75, 3.05) is 18.4 Å². The number of nitrogens with zero attached hydrogens (tertiary/aromatic N) is 4. The zero-order valence-corrected chi connectivity index (χ0v) is 21.0. The molecule has 0 atom stereocenters. The highest BCUT2D eigenvalue weighted by atomic mass is 16.5. The van der Waals surface area contributed by atoms with Gasteiger partial charge in [0.2, 0.25) is 5.88 Å². The molecule has 4 aromatic rings. The minimum Gasteiger partial charge on any atom is -0.499 e. The maximum Gasteiger partial charge on any atom is 0.276 e. The summed E-state index contributed by atoms with van der Waals surface area (Å²) in [6.07, 6.45) is 9.24. The summed E-state index contributed by atoms with van der Waals surface area (Å²) in [5.74, 6) is 0.202. The number of anilines is 1. The van der Waals surface area contributed by atoms with E-state index in [2.05, 4.69) is 36.4 Å². The number of hydrogen-bond acceptors (Lipinski definition) is 6. The molecule has 1 aliphatic rings. The Hall–Kier alpha value is -3.59. The van der Waals surface area contributed by atoms with Gasteiger partial charge in [-0.2, -0.15) is 5.10 Å². The predicted octanol–water partition coefficient (Wildman–Crippen LogP) is 1.15. The van der Waals surface area contributed by atoms with Crippen molar-refractivity contribution >= 4 is 46.0 Å². The van der Waals surface area contributed by atoms with Gasteiger partial charge in [-0.1, -0.05) is 12.5 Å². The van der Waals surface area contributed by atoms with E-state index in [-0.39, 0.29) is 11.2 Å². The maximum atomic E-state index is 13.1. The second-order valence-electron chi connectivity index (χ2n) is 10.3. The van der Waals surface area contributed by atoms with Crippen molar-refractivity contribution in [3.8, 4) is 17.0 Å². The van der Waals surface area contributed by atoms with Crippen molar-refractivity contribution in [1.82, 2.24) is 25.1 Å². The lowest BCUT2D eigenvalue weighted by molar-refractivity contribution is 0.102. The predicted molar refractivity (Wildman–Crippen MR) is 150 cm³/mol. The van der Waals surface area contributed by atoms with Crippen LogP contribution in [-0.2, 0) is 6.54 Å². The summed E-state index contributed by atoms with van der Waals surface area (Å²) in [7, 11) is 5.88. The zero-order valence-electron chi connectivity index (χ0n) is 21.0. The normalized spacial score (nSPS) is 14.6. The second-order valence-corrected chi connectivity index (χ2v) is 10.3. The fourth-order valence-electron chi connectivity index (χ4n) is 4.49. The first-order valence-corrected chi connectivity index (χ1v) is 12.5. The standard InChI is InChI=1S/C25H29B3N6O2/c26-25(27,28)36-22-7-5-19(14-30-22)31-24(35)23-20-11-17(4-6-21(20)32-33-23)18-10-16(12-29-13-18)15-34-8-2-1-3-9-34/h4-7,10-14H,1-3,8-9,15,26-28H2,(H,31,35)(H,32,33). The van der Waals surface area contributed by atoms with E-state index in [4.69, 9.17) is 4.74 Å². The topological polar surface area (TPSA) is 96.0 Å². The summed E-state index contributed by atoms with van der Waals surface area (Å²) in [5.41, 5.74) is 4.93. The molecule has 1 aromatic carbocycles. The molecule has 0 unspecified atom stereocenters. The average Bonchev–Trinajstić information content (AvgIpc) is 3.29. The molecule has 0 saturated carbocycles. The molecule has 180 valence electrons. The summed E-state index contributed by atoms with van der Waals surface area (Å²) in [6, 6.07) is 11.7. The van der Waals surface area contributed by atoms with E-state index in [9.17, 15) is 4.79 Å². The number of nitrogens with one attached hydrogen (secondary N) is 2. The number of carbonyl (C=O) groups is 1. The minimum absolute atomic E-state index is 0.304. The highest BCUT2D eigenvalue weighted by molar-refractivity contribution is 6.58. The number of carbonyl (C=O) groups excluding carboxylic acids is 1. The van der Waals surface area contributed by atoms with Gasteiger partial charge in [0, 0.05) is 41.3 Å². The molecule has 3 aromatic heterocycles. The Morgan fingerprint density at radius 3 is 2.61 bits per heavy atom. The molecule has 8 nitrogen and oxygen atoms in total. The first kappa shape index (κ1) is 24.1. The zero-order chi connectivity index (χ0) is 25.1. The highest BCUT2D eigenvalue weighted by Crippen LogP contribution is 2.27. The molecule has 1 aliphatic heterocycles. The number of rotatable bonds is 7. The van der Waals surface area contributed by atoms with Crippen molar-refractivity contribution < 1.29 is 9.53 Å². The Labute approximate surface area is 213 Å². The van der Waals surface area contributed by atoms with Crippen molar-refractivity contribution in [1.29, 1.82) is 0 Å². The maximum absolute atomic E-state index is 13.1. The summed E-state index contributed by atoms with van der Waals surface area (Å²) in [4.78, 5) is 24.3. The van der Waals surface area contributed by atoms with Crippen LogP contribution in [0.25, 0.3) is 22.0 Å². The Balaban J connectivity index is 1.34. The largest absolute Gasteiger partial charge is 0.499 e. The van der Waals surface area contributed by atoms with Gasteiger partial charge in [0.1, 0.15) is 23.5 Å². The van der Waals surface area contributed by atoms with Gasteiger partial charge in [-0.15, -0.1) is 0 Å². The van der Waals surface area contributed by atoms with E-state index in [1.165, 1.54) is 24.8 Å². The van der Waals surface area contributed by atoms with E-state index in [0.29, 0.717) is 17.3 Å². The number of likely N-dealkylation sites (tertiary alicyclic amines) is 1. The number of ether oxygens (including phenoxy) is 1. The second kappa shape index (κ2) is 10.2. The van der Waals surface area contributed by atoms with Gasteiger partial charge in [0.05, 0.1) is 17.4 Å². The molecule has 0 aliphatic carbocycles. The van der Waals surface area contributed by atoms with Crippen molar-refractivity contribution in [2.45, 2.75) is 31.1 Å². The van der Waals surface area contributed by atoms with Gasteiger partial charge < -0.3 is 10.1 Å². The Morgan fingerprint density at radius 1 is 1.03 bits per heavy atom. The smallest absolute Gasteiger partial charge is 0.276 e. The van der Waals surface area contributed by atoms with Crippen LogP contribution in [0, 0.1) is 0 Å². The first-order chi connectivity index (χ1) is 17.3. The van der Waals surface area contributed by atoms with Crippen LogP contribution in [0.2, 0.25) is 0 Å². The van der Waals surface area contributed by atoms with Crippen molar-refractivity contribution in [3.63, 3.8) is 0 Å². The van der Waals surface area contributed by atoms with Crippen LogP contribution in [0.1, 0.15) is 35.3 Å². The van der Waals surface area contributed by atoms with Crippen LogP contribution in [0.4, 0.5) is 5.69 Å². The SMILES string of the molecule is BC(B)(B)Oc1ccc(NC(=O)c2n[nH]c3ccc(-c4cncc(CN5CCCCC5)c4)cc23)cn1. The molecule has 1 amide bonds. The van der Waals surface area contributed by atoms with Crippen LogP contribution in [-0.4, -0.2) is 72.9 Å². The van der Waals surface area contributed by atoms with Gasteiger partial charge in [0.15, 0.2) is 5.69 Å². The quantitative estimate of drug-likeness (QED) is 0.388. The fraction of sp³-hybridized carbons (Fsp3) is 0.280. The number of pyridine rings is 2. The fourth-order valence-corrected chi connectivity index (χ4v) is 4.49. The Morgan fingerprint density at radius 2 is 1.86 bits per heavy atom. The average molecular weight is 478 g/mol. The number of aromatic nitrogens is 4. The van der Waals surface area contributed by atoms with E-state index < -0.39 is 0 Å². The van der Waals surface area contributed by atoms with Crippen molar-refractivity contribution in [3.05, 3.63) is 66.2 Å². The lowest BCUT2D eigenvalue weighted by atomic mass is 9.52. The number of fused-ring (bicyclic) bond motifs is 1. The molecule has 5 rings (SSSR count). The van der Waals surface area contributed by atoms with E-state index in [0.717, 1.165) is 41.7 Å². The molecular formula is C25H29B3N6O2.